The summed E-state index contributed by atoms with van der Waals surface area (Å²) in [7, 11) is 0. The number of nitrogens with zero attached hydrogens (tertiary/aromatic N) is 1. The van der Waals surface area contributed by atoms with Gasteiger partial charge in [-0.2, -0.15) is 13.2 Å². The van der Waals surface area contributed by atoms with Gasteiger partial charge in [0, 0.05) is 26.1 Å². The first kappa shape index (κ1) is 18.3. The fourth-order valence-corrected chi connectivity index (χ4v) is 3.62. The van der Waals surface area contributed by atoms with Crippen molar-refractivity contribution in [1.29, 1.82) is 0 Å². The summed E-state index contributed by atoms with van der Waals surface area (Å²) in [6, 6.07) is 8.66. The molecule has 0 N–H and O–H groups in total. The van der Waals surface area contributed by atoms with Crippen LogP contribution in [0.5, 0.6) is 5.75 Å². The van der Waals surface area contributed by atoms with E-state index in [0.717, 1.165) is 35.4 Å². The van der Waals surface area contributed by atoms with Crippen LogP contribution < -0.4 is 4.74 Å². The molecular weight excluding hydrogens is 362 g/mol. The molecule has 27 heavy (non-hydrogen) atoms. The van der Waals surface area contributed by atoms with Crippen molar-refractivity contribution in [2.24, 2.45) is 0 Å². The quantitative estimate of drug-likeness (QED) is 0.738. The third kappa shape index (κ3) is 4.09. The summed E-state index contributed by atoms with van der Waals surface area (Å²) in [6.45, 7) is 2.52. The zero-order valence-electron chi connectivity index (χ0n) is 14.6. The Bertz CT molecular complexity index is 837. The lowest BCUT2D eigenvalue weighted by Crippen LogP contribution is -2.37. The van der Waals surface area contributed by atoms with Crippen LogP contribution in [0.1, 0.15) is 28.4 Å². The lowest BCUT2D eigenvalue weighted by atomic mass is 10.0. The van der Waals surface area contributed by atoms with E-state index in [-0.39, 0.29) is 12.6 Å². The predicted molar refractivity (Wildman–Crippen MR) is 91.0 cm³/mol. The van der Waals surface area contributed by atoms with Crippen LogP contribution in [0.25, 0.3) is 0 Å². The second-order valence-electron chi connectivity index (χ2n) is 6.91. The highest BCUT2D eigenvalue weighted by Gasteiger charge is 2.32. The molecule has 2 aliphatic heterocycles. The highest BCUT2D eigenvalue weighted by molar-refractivity contribution is 5.40. The average Bonchev–Trinajstić information content (AvgIpc) is 3.08. The number of fused-ring (bicyclic) bond motifs is 1. The van der Waals surface area contributed by atoms with E-state index in [0.29, 0.717) is 37.9 Å². The molecule has 0 spiro atoms. The maximum atomic E-state index is 13.6. The average molecular weight is 381 g/mol. The van der Waals surface area contributed by atoms with Crippen LogP contribution >= 0.6 is 0 Å². The fourth-order valence-electron chi connectivity index (χ4n) is 3.62. The summed E-state index contributed by atoms with van der Waals surface area (Å²) in [5.41, 5.74) is 1.53. The van der Waals surface area contributed by atoms with Gasteiger partial charge in [0.25, 0.3) is 0 Å². The number of rotatable bonds is 3. The first-order valence-electron chi connectivity index (χ1n) is 8.85. The van der Waals surface area contributed by atoms with Crippen molar-refractivity contribution in [2.45, 2.75) is 25.2 Å². The Hall–Kier alpha value is -2.12. The standard InChI is InChI=1S/C20H19F4NO2/c21-17-8-13(7-16(10-17)20(22,23)24)11-25-4-6-27-19(12-25)14-1-2-18-15(9-14)3-5-26-18/h1-2,7-10,19H,3-6,11-12H2/t19-/m1/s1. The van der Waals surface area contributed by atoms with Crippen LogP contribution in [0.15, 0.2) is 36.4 Å². The van der Waals surface area contributed by atoms with Crippen LogP contribution in [0, 0.1) is 5.82 Å². The molecule has 2 heterocycles. The highest BCUT2D eigenvalue weighted by Crippen LogP contribution is 2.32. The van der Waals surface area contributed by atoms with Crippen molar-refractivity contribution >= 4 is 0 Å². The summed E-state index contributed by atoms with van der Waals surface area (Å²) in [5.74, 6) is 0.0223. The van der Waals surface area contributed by atoms with Gasteiger partial charge in [0.05, 0.1) is 24.9 Å². The molecule has 3 nitrogen and oxygen atoms in total. The zero-order chi connectivity index (χ0) is 19.0. The van der Waals surface area contributed by atoms with Gasteiger partial charge in [-0.15, -0.1) is 0 Å². The minimum absolute atomic E-state index is 0.166. The fraction of sp³-hybridized carbons (Fsp3) is 0.400. The molecule has 1 saturated heterocycles. The van der Waals surface area contributed by atoms with E-state index in [1.165, 1.54) is 0 Å². The van der Waals surface area contributed by atoms with E-state index in [9.17, 15) is 17.6 Å². The Balaban J connectivity index is 1.48. The van der Waals surface area contributed by atoms with E-state index in [4.69, 9.17) is 9.47 Å². The first-order valence-corrected chi connectivity index (χ1v) is 8.85. The second kappa shape index (κ2) is 7.13. The van der Waals surface area contributed by atoms with Crippen molar-refractivity contribution in [3.8, 4) is 5.75 Å². The molecule has 7 heteroatoms. The largest absolute Gasteiger partial charge is 0.493 e. The minimum Gasteiger partial charge on any atom is -0.493 e. The topological polar surface area (TPSA) is 21.7 Å². The van der Waals surface area contributed by atoms with Gasteiger partial charge >= 0.3 is 6.18 Å². The van der Waals surface area contributed by atoms with Crippen molar-refractivity contribution in [3.63, 3.8) is 0 Å². The van der Waals surface area contributed by atoms with Crippen molar-refractivity contribution in [2.75, 3.05) is 26.3 Å². The molecule has 0 bridgehead atoms. The van der Waals surface area contributed by atoms with Crippen molar-refractivity contribution in [1.82, 2.24) is 4.90 Å². The van der Waals surface area contributed by atoms with Gasteiger partial charge < -0.3 is 9.47 Å². The summed E-state index contributed by atoms with van der Waals surface area (Å²) >= 11 is 0. The maximum absolute atomic E-state index is 13.6. The van der Waals surface area contributed by atoms with Crippen LogP contribution in [0.4, 0.5) is 17.6 Å². The third-order valence-electron chi connectivity index (χ3n) is 4.93. The molecule has 2 aliphatic rings. The van der Waals surface area contributed by atoms with Gasteiger partial charge in [-0.1, -0.05) is 6.07 Å². The summed E-state index contributed by atoms with van der Waals surface area (Å²) in [6.07, 6.45) is -3.86. The molecule has 1 fully saturated rings. The highest BCUT2D eigenvalue weighted by atomic mass is 19.4. The van der Waals surface area contributed by atoms with Gasteiger partial charge in [0.15, 0.2) is 0 Å². The predicted octanol–water partition coefficient (Wildman–Crippen LogP) is 4.35. The van der Waals surface area contributed by atoms with E-state index in [2.05, 4.69) is 6.07 Å². The zero-order valence-corrected chi connectivity index (χ0v) is 14.6. The summed E-state index contributed by atoms with van der Waals surface area (Å²) in [5, 5.41) is 0. The monoisotopic (exact) mass is 381 g/mol. The molecule has 2 aromatic rings. The number of hydrogen-bond donors (Lipinski definition) is 0. The molecule has 0 amide bonds. The molecule has 0 aliphatic carbocycles. The molecule has 4 rings (SSSR count). The van der Waals surface area contributed by atoms with E-state index in [1.54, 1.807) is 0 Å². The smallest absolute Gasteiger partial charge is 0.416 e. The molecule has 0 unspecified atom stereocenters. The van der Waals surface area contributed by atoms with Crippen LogP contribution in [0.2, 0.25) is 0 Å². The Kier molecular flexibility index (Phi) is 4.82. The normalized spacial score (nSPS) is 20.4. The van der Waals surface area contributed by atoms with E-state index in [1.807, 2.05) is 17.0 Å². The Labute approximate surface area is 154 Å². The molecular formula is C20H19F4NO2. The van der Waals surface area contributed by atoms with Crippen LogP contribution in [0.3, 0.4) is 0 Å². The van der Waals surface area contributed by atoms with Gasteiger partial charge in [-0.25, -0.2) is 4.39 Å². The minimum atomic E-state index is -4.56. The lowest BCUT2D eigenvalue weighted by Gasteiger charge is -2.33. The number of benzene rings is 2. The van der Waals surface area contributed by atoms with E-state index < -0.39 is 17.6 Å². The molecule has 0 saturated carbocycles. The molecule has 144 valence electrons. The summed E-state index contributed by atoms with van der Waals surface area (Å²) in [4.78, 5) is 1.99. The van der Waals surface area contributed by atoms with Gasteiger partial charge in [0.2, 0.25) is 0 Å². The van der Waals surface area contributed by atoms with Crippen molar-refractivity contribution in [3.05, 3.63) is 64.5 Å². The SMILES string of the molecule is Fc1cc(CN2CCO[C@@H](c3ccc4c(c3)CCO4)C2)cc(C(F)(F)F)c1. The van der Waals surface area contributed by atoms with Crippen molar-refractivity contribution < 1.29 is 27.0 Å². The molecule has 2 aromatic carbocycles. The first-order chi connectivity index (χ1) is 12.9. The lowest BCUT2D eigenvalue weighted by molar-refractivity contribution is -0.137. The van der Waals surface area contributed by atoms with Crippen LogP contribution in [-0.2, 0) is 23.9 Å². The number of morpholine rings is 1. The molecule has 0 aromatic heterocycles. The molecule has 1 atom stereocenters. The third-order valence-corrected chi connectivity index (χ3v) is 4.93. The van der Waals surface area contributed by atoms with E-state index >= 15 is 0 Å². The summed E-state index contributed by atoms with van der Waals surface area (Å²) < 4.78 is 63.7. The molecule has 0 radical (unpaired) electrons. The van der Waals surface area contributed by atoms with Gasteiger partial charge in [-0.05, 0) is 47.0 Å². The number of ether oxygens (including phenoxy) is 2. The Morgan fingerprint density at radius 3 is 2.74 bits per heavy atom. The number of alkyl halides is 3. The number of halogens is 4. The second-order valence-corrected chi connectivity index (χ2v) is 6.91. The maximum Gasteiger partial charge on any atom is 0.416 e. The van der Waals surface area contributed by atoms with Crippen LogP contribution in [-0.4, -0.2) is 31.2 Å². The van der Waals surface area contributed by atoms with Gasteiger partial charge in [-0.3, -0.25) is 4.90 Å². The Morgan fingerprint density at radius 2 is 1.93 bits per heavy atom. The number of hydrogen-bond acceptors (Lipinski definition) is 3. The Morgan fingerprint density at radius 1 is 1.07 bits per heavy atom. The van der Waals surface area contributed by atoms with Gasteiger partial charge in [0.1, 0.15) is 11.6 Å².